The number of nitrogens with zero attached hydrogens (tertiary/aromatic N) is 3. The van der Waals surface area contributed by atoms with Gasteiger partial charge in [-0.3, -0.25) is 19.4 Å². The van der Waals surface area contributed by atoms with Crippen molar-refractivity contribution in [2.45, 2.75) is 50.6 Å². The average molecular weight is 341 g/mol. The number of piperazine rings is 1. The molecule has 1 saturated carbocycles. The van der Waals surface area contributed by atoms with Gasteiger partial charge in [-0.1, -0.05) is 37.5 Å². The maximum absolute atomic E-state index is 12.9. The van der Waals surface area contributed by atoms with Crippen molar-refractivity contribution in [3.8, 4) is 0 Å². The van der Waals surface area contributed by atoms with E-state index in [4.69, 9.17) is 0 Å². The van der Waals surface area contributed by atoms with E-state index in [1.54, 1.807) is 4.90 Å². The van der Waals surface area contributed by atoms with Gasteiger partial charge in [-0.2, -0.15) is 0 Å². The standard InChI is InChI=1S/C20H27N3O2/c24-19-15-18(20(25)23(19)17-9-5-2-6-10-17)22-13-11-21(12-14-22)16-7-3-1-4-8-16/h1,3-4,7-8,17-18H,2,5-6,9-15H2/t18-/m0/s1. The highest BCUT2D eigenvalue weighted by molar-refractivity contribution is 6.05. The second kappa shape index (κ2) is 7.16. The first-order valence-corrected chi connectivity index (χ1v) is 9.64. The van der Waals surface area contributed by atoms with Crippen LogP contribution in [0.15, 0.2) is 30.3 Å². The molecule has 0 N–H and O–H groups in total. The average Bonchev–Trinajstić information content (AvgIpc) is 2.97. The van der Waals surface area contributed by atoms with E-state index in [1.807, 2.05) is 6.07 Å². The molecule has 25 heavy (non-hydrogen) atoms. The maximum Gasteiger partial charge on any atom is 0.247 e. The molecule has 3 fully saturated rings. The molecule has 0 unspecified atom stereocenters. The second-order valence-corrected chi connectivity index (χ2v) is 7.47. The molecule has 3 aliphatic rings. The van der Waals surface area contributed by atoms with Crippen LogP contribution in [0, 0.1) is 0 Å². The summed E-state index contributed by atoms with van der Waals surface area (Å²) in [5, 5.41) is 0. The number of carbonyl (C=O) groups is 2. The molecule has 1 aliphatic carbocycles. The van der Waals surface area contributed by atoms with Gasteiger partial charge in [0, 0.05) is 37.9 Å². The predicted molar refractivity (Wildman–Crippen MR) is 97.4 cm³/mol. The third kappa shape index (κ3) is 3.30. The van der Waals surface area contributed by atoms with E-state index in [0.717, 1.165) is 51.9 Å². The number of rotatable bonds is 3. The van der Waals surface area contributed by atoms with Gasteiger partial charge < -0.3 is 4.90 Å². The molecule has 1 atom stereocenters. The van der Waals surface area contributed by atoms with Crippen LogP contribution in [0.3, 0.4) is 0 Å². The van der Waals surface area contributed by atoms with Crippen molar-refractivity contribution in [3.63, 3.8) is 0 Å². The lowest BCUT2D eigenvalue weighted by Crippen LogP contribution is -2.53. The van der Waals surface area contributed by atoms with Crippen molar-refractivity contribution in [2.75, 3.05) is 31.1 Å². The van der Waals surface area contributed by atoms with E-state index in [0.29, 0.717) is 6.42 Å². The van der Waals surface area contributed by atoms with Gasteiger partial charge in [0.15, 0.2) is 0 Å². The summed E-state index contributed by atoms with van der Waals surface area (Å²) in [7, 11) is 0. The van der Waals surface area contributed by atoms with Crippen molar-refractivity contribution in [1.29, 1.82) is 0 Å². The first-order chi connectivity index (χ1) is 12.2. The van der Waals surface area contributed by atoms with Gasteiger partial charge in [-0.05, 0) is 25.0 Å². The molecule has 0 bridgehead atoms. The Hall–Kier alpha value is -1.88. The summed E-state index contributed by atoms with van der Waals surface area (Å²) in [6.07, 6.45) is 5.88. The predicted octanol–water partition coefficient (Wildman–Crippen LogP) is 2.27. The molecule has 0 radical (unpaired) electrons. The van der Waals surface area contributed by atoms with Crippen molar-refractivity contribution in [2.24, 2.45) is 0 Å². The number of hydrogen-bond acceptors (Lipinski definition) is 4. The molecular weight excluding hydrogens is 314 g/mol. The topological polar surface area (TPSA) is 43.9 Å². The van der Waals surface area contributed by atoms with Gasteiger partial charge in [0.1, 0.15) is 0 Å². The molecule has 4 rings (SSSR count). The van der Waals surface area contributed by atoms with E-state index >= 15 is 0 Å². The zero-order valence-electron chi connectivity index (χ0n) is 14.8. The summed E-state index contributed by atoms with van der Waals surface area (Å²) in [5.74, 6) is 0.109. The summed E-state index contributed by atoms with van der Waals surface area (Å²) >= 11 is 0. The highest BCUT2D eigenvalue weighted by Crippen LogP contribution is 2.29. The van der Waals surface area contributed by atoms with Gasteiger partial charge in [-0.15, -0.1) is 0 Å². The van der Waals surface area contributed by atoms with Crippen molar-refractivity contribution in [3.05, 3.63) is 30.3 Å². The van der Waals surface area contributed by atoms with E-state index in [-0.39, 0.29) is 23.9 Å². The minimum atomic E-state index is -0.229. The van der Waals surface area contributed by atoms with Crippen molar-refractivity contribution >= 4 is 17.5 Å². The number of imide groups is 1. The number of amides is 2. The highest BCUT2D eigenvalue weighted by atomic mass is 16.2. The Balaban J connectivity index is 1.38. The molecule has 2 heterocycles. The fourth-order valence-electron chi connectivity index (χ4n) is 4.57. The fraction of sp³-hybridized carbons (Fsp3) is 0.600. The summed E-state index contributed by atoms with van der Waals surface area (Å²) in [6, 6.07) is 10.3. The molecule has 134 valence electrons. The first-order valence-electron chi connectivity index (χ1n) is 9.64. The number of hydrogen-bond donors (Lipinski definition) is 0. The number of anilines is 1. The van der Waals surface area contributed by atoms with Crippen LogP contribution in [0.5, 0.6) is 0 Å². The minimum Gasteiger partial charge on any atom is -0.369 e. The van der Waals surface area contributed by atoms with E-state index in [9.17, 15) is 9.59 Å². The third-order valence-electron chi connectivity index (χ3n) is 5.98. The zero-order chi connectivity index (χ0) is 17.2. The SMILES string of the molecule is O=C1C[C@H](N2CCN(c3ccccc3)CC2)C(=O)N1C1CCCCC1. The van der Waals surface area contributed by atoms with Crippen LogP contribution in [-0.2, 0) is 9.59 Å². The first kappa shape index (κ1) is 16.6. The normalized spacial score (nSPS) is 26.5. The Bertz CT molecular complexity index is 619. The Kier molecular flexibility index (Phi) is 4.75. The van der Waals surface area contributed by atoms with Gasteiger partial charge >= 0.3 is 0 Å². The van der Waals surface area contributed by atoms with Crippen LogP contribution >= 0.6 is 0 Å². The summed E-state index contributed by atoms with van der Waals surface area (Å²) in [6.45, 7) is 3.50. The van der Waals surface area contributed by atoms with Gasteiger partial charge in [0.2, 0.25) is 11.8 Å². The zero-order valence-corrected chi connectivity index (χ0v) is 14.8. The van der Waals surface area contributed by atoms with Crippen molar-refractivity contribution < 1.29 is 9.59 Å². The van der Waals surface area contributed by atoms with Crippen molar-refractivity contribution in [1.82, 2.24) is 9.80 Å². The van der Waals surface area contributed by atoms with E-state index < -0.39 is 0 Å². The van der Waals surface area contributed by atoms with Crippen LogP contribution in [0.4, 0.5) is 5.69 Å². The molecule has 5 heteroatoms. The molecule has 1 aromatic rings. The lowest BCUT2D eigenvalue weighted by Gasteiger charge is -2.38. The molecule has 0 spiro atoms. The fourth-order valence-corrected chi connectivity index (χ4v) is 4.57. The Morgan fingerprint density at radius 2 is 1.52 bits per heavy atom. The molecular formula is C20H27N3O2. The summed E-state index contributed by atoms with van der Waals surface area (Å²) in [5.41, 5.74) is 1.24. The van der Waals surface area contributed by atoms with Gasteiger partial charge in [0.05, 0.1) is 12.5 Å². The maximum atomic E-state index is 12.9. The monoisotopic (exact) mass is 341 g/mol. The van der Waals surface area contributed by atoms with Gasteiger partial charge in [0.25, 0.3) is 0 Å². The summed E-state index contributed by atoms with van der Waals surface area (Å²) in [4.78, 5) is 31.6. The largest absolute Gasteiger partial charge is 0.369 e. The Morgan fingerprint density at radius 3 is 2.20 bits per heavy atom. The number of benzene rings is 1. The third-order valence-corrected chi connectivity index (χ3v) is 5.98. The number of likely N-dealkylation sites (tertiary alicyclic amines) is 1. The van der Waals surface area contributed by atoms with Crippen LogP contribution in [0.1, 0.15) is 38.5 Å². The lowest BCUT2D eigenvalue weighted by molar-refractivity contribution is -0.143. The molecule has 2 aliphatic heterocycles. The Labute approximate surface area is 149 Å². The van der Waals surface area contributed by atoms with Gasteiger partial charge in [-0.25, -0.2) is 0 Å². The van der Waals surface area contributed by atoms with E-state index in [1.165, 1.54) is 12.1 Å². The molecule has 2 saturated heterocycles. The number of para-hydroxylation sites is 1. The lowest BCUT2D eigenvalue weighted by atomic mass is 9.94. The molecule has 2 amide bonds. The smallest absolute Gasteiger partial charge is 0.247 e. The molecule has 5 nitrogen and oxygen atoms in total. The van der Waals surface area contributed by atoms with Crippen LogP contribution < -0.4 is 4.90 Å². The molecule has 1 aromatic carbocycles. The Morgan fingerprint density at radius 1 is 0.840 bits per heavy atom. The van der Waals surface area contributed by atoms with Crippen LogP contribution in [0.2, 0.25) is 0 Å². The van der Waals surface area contributed by atoms with E-state index in [2.05, 4.69) is 34.1 Å². The summed E-state index contributed by atoms with van der Waals surface area (Å²) < 4.78 is 0. The highest BCUT2D eigenvalue weighted by Gasteiger charge is 2.45. The quantitative estimate of drug-likeness (QED) is 0.791. The second-order valence-electron chi connectivity index (χ2n) is 7.47. The number of carbonyl (C=O) groups excluding carboxylic acids is 2. The minimum absolute atomic E-state index is 0.0485. The van der Waals surface area contributed by atoms with Crippen LogP contribution in [-0.4, -0.2) is 59.9 Å². The molecule has 0 aromatic heterocycles. The van der Waals surface area contributed by atoms with Crippen LogP contribution in [0.25, 0.3) is 0 Å².